The highest BCUT2D eigenvalue weighted by atomic mass is 19.1. The Hall–Kier alpha value is -3.02. The number of amides is 1. The van der Waals surface area contributed by atoms with E-state index < -0.39 is 0 Å². The first-order valence-corrected chi connectivity index (χ1v) is 8.71. The number of likely N-dealkylation sites (tertiary alicyclic amines) is 1. The number of carbonyl (C=O) groups is 1. The van der Waals surface area contributed by atoms with E-state index >= 15 is 0 Å². The lowest BCUT2D eigenvalue weighted by molar-refractivity contribution is 0.0711. The summed E-state index contributed by atoms with van der Waals surface area (Å²) in [5, 5.41) is 6.82. The van der Waals surface area contributed by atoms with Crippen LogP contribution < -0.4 is 0 Å². The maximum Gasteiger partial charge on any atom is 0.253 e. The Morgan fingerprint density at radius 3 is 2.50 bits per heavy atom. The molecule has 6 heteroatoms. The molecule has 0 bridgehead atoms. The van der Waals surface area contributed by atoms with Gasteiger partial charge in [0.25, 0.3) is 5.91 Å². The quantitative estimate of drug-likeness (QED) is 0.785. The minimum absolute atomic E-state index is 0.0132. The Morgan fingerprint density at radius 2 is 1.81 bits per heavy atom. The van der Waals surface area contributed by atoms with Gasteiger partial charge in [-0.1, -0.05) is 24.3 Å². The van der Waals surface area contributed by atoms with E-state index in [1.807, 2.05) is 35.2 Å². The van der Waals surface area contributed by atoms with Crippen LogP contribution in [0.5, 0.6) is 0 Å². The van der Waals surface area contributed by atoms with E-state index in [2.05, 4.69) is 15.2 Å². The van der Waals surface area contributed by atoms with Crippen molar-refractivity contribution >= 4 is 5.91 Å². The van der Waals surface area contributed by atoms with Gasteiger partial charge in [0, 0.05) is 24.6 Å². The van der Waals surface area contributed by atoms with Crippen molar-refractivity contribution in [2.24, 2.45) is 0 Å². The fraction of sp³-hybridized carbons (Fsp3) is 0.250. The van der Waals surface area contributed by atoms with Crippen molar-refractivity contribution in [1.82, 2.24) is 20.1 Å². The summed E-state index contributed by atoms with van der Waals surface area (Å²) < 4.78 is 13.5. The number of rotatable bonds is 3. The van der Waals surface area contributed by atoms with Crippen LogP contribution in [-0.4, -0.2) is 39.1 Å². The Kier molecular flexibility index (Phi) is 4.48. The molecule has 1 aliphatic rings. The average Bonchev–Trinajstić information content (AvgIpc) is 3.22. The second-order valence-electron chi connectivity index (χ2n) is 6.53. The molecule has 0 atom stereocenters. The maximum atomic E-state index is 13.5. The lowest BCUT2D eigenvalue weighted by Gasteiger charge is -2.31. The number of hydrogen-bond donors (Lipinski definition) is 1. The molecule has 1 fully saturated rings. The number of nitrogens with one attached hydrogen (secondary N) is 1. The third-order valence-corrected chi connectivity index (χ3v) is 4.87. The number of halogens is 1. The molecule has 1 amide bonds. The van der Waals surface area contributed by atoms with E-state index in [4.69, 9.17) is 0 Å². The summed E-state index contributed by atoms with van der Waals surface area (Å²) in [4.78, 5) is 19.0. The molecular formula is C20H19FN4O. The van der Waals surface area contributed by atoms with Crippen molar-refractivity contribution in [3.05, 3.63) is 72.1 Å². The van der Waals surface area contributed by atoms with E-state index in [0.29, 0.717) is 24.6 Å². The van der Waals surface area contributed by atoms with E-state index in [-0.39, 0.29) is 11.7 Å². The Labute approximate surface area is 150 Å². The standard InChI is InChI=1S/C20H19FN4O/c21-18-6-2-4-16(12-18)15-3-1-5-17(11-15)20(26)25-9-7-14(8-10-25)19-22-13-23-24-19/h1-6,11-14H,7-10H2,(H,22,23,24). The van der Waals surface area contributed by atoms with Gasteiger partial charge in [-0.15, -0.1) is 0 Å². The summed E-state index contributed by atoms with van der Waals surface area (Å²) in [7, 11) is 0. The highest BCUT2D eigenvalue weighted by Gasteiger charge is 2.26. The zero-order chi connectivity index (χ0) is 17.9. The molecule has 1 aromatic heterocycles. The van der Waals surface area contributed by atoms with Crippen molar-refractivity contribution in [1.29, 1.82) is 0 Å². The van der Waals surface area contributed by atoms with Gasteiger partial charge in [0.15, 0.2) is 0 Å². The molecule has 2 aromatic carbocycles. The van der Waals surface area contributed by atoms with E-state index in [9.17, 15) is 9.18 Å². The molecule has 132 valence electrons. The SMILES string of the molecule is O=C(c1cccc(-c2cccc(F)c2)c1)N1CCC(c2ncn[nH]2)CC1. The minimum Gasteiger partial charge on any atom is -0.339 e. The highest BCUT2D eigenvalue weighted by molar-refractivity contribution is 5.95. The van der Waals surface area contributed by atoms with Gasteiger partial charge in [0.1, 0.15) is 18.0 Å². The summed E-state index contributed by atoms with van der Waals surface area (Å²) in [6.45, 7) is 1.38. The second kappa shape index (κ2) is 7.07. The fourth-order valence-corrected chi connectivity index (χ4v) is 3.45. The molecule has 2 heterocycles. The van der Waals surface area contributed by atoms with Crippen LogP contribution in [0.15, 0.2) is 54.9 Å². The first-order valence-electron chi connectivity index (χ1n) is 8.71. The van der Waals surface area contributed by atoms with Crippen LogP contribution in [0.25, 0.3) is 11.1 Å². The maximum absolute atomic E-state index is 13.5. The predicted molar refractivity (Wildman–Crippen MR) is 96.1 cm³/mol. The molecular weight excluding hydrogens is 331 g/mol. The van der Waals surface area contributed by atoms with Crippen LogP contribution in [0.1, 0.15) is 34.9 Å². The largest absolute Gasteiger partial charge is 0.339 e. The topological polar surface area (TPSA) is 61.9 Å². The van der Waals surface area contributed by atoms with Gasteiger partial charge in [0.2, 0.25) is 0 Å². The first kappa shape index (κ1) is 16.4. The lowest BCUT2D eigenvalue weighted by atomic mass is 9.95. The number of hydrogen-bond acceptors (Lipinski definition) is 3. The number of aromatic amines is 1. The molecule has 26 heavy (non-hydrogen) atoms. The Morgan fingerprint density at radius 1 is 1.08 bits per heavy atom. The smallest absolute Gasteiger partial charge is 0.253 e. The van der Waals surface area contributed by atoms with Gasteiger partial charge in [0.05, 0.1) is 0 Å². The highest BCUT2D eigenvalue weighted by Crippen LogP contribution is 2.27. The summed E-state index contributed by atoms with van der Waals surface area (Å²) in [5.74, 6) is 0.943. The summed E-state index contributed by atoms with van der Waals surface area (Å²) in [6.07, 6.45) is 3.25. The normalized spacial score (nSPS) is 15.2. The molecule has 0 unspecified atom stereocenters. The molecule has 3 aromatic rings. The third kappa shape index (κ3) is 3.35. The number of nitrogens with zero attached hydrogens (tertiary/aromatic N) is 3. The summed E-state index contributed by atoms with van der Waals surface area (Å²) in [6, 6.07) is 13.8. The first-order chi connectivity index (χ1) is 12.7. The zero-order valence-corrected chi connectivity index (χ0v) is 14.2. The van der Waals surface area contributed by atoms with Crippen molar-refractivity contribution in [2.45, 2.75) is 18.8 Å². The van der Waals surface area contributed by atoms with E-state index in [1.165, 1.54) is 18.5 Å². The average molecular weight is 350 g/mol. The second-order valence-corrected chi connectivity index (χ2v) is 6.53. The van der Waals surface area contributed by atoms with Crippen LogP contribution in [-0.2, 0) is 0 Å². The monoisotopic (exact) mass is 350 g/mol. The molecule has 0 saturated carbocycles. The Bertz CT molecular complexity index is 902. The molecule has 1 N–H and O–H groups in total. The van der Waals surface area contributed by atoms with Crippen LogP contribution >= 0.6 is 0 Å². The van der Waals surface area contributed by atoms with Crippen molar-refractivity contribution in [3.63, 3.8) is 0 Å². The van der Waals surface area contributed by atoms with Gasteiger partial charge in [-0.2, -0.15) is 5.10 Å². The van der Waals surface area contributed by atoms with Gasteiger partial charge in [-0.05, 0) is 48.2 Å². The zero-order valence-electron chi connectivity index (χ0n) is 14.2. The molecule has 1 aliphatic heterocycles. The minimum atomic E-state index is -0.284. The summed E-state index contributed by atoms with van der Waals surface area (Å²) >= 11 is 0. The van der Waals surface area contributed by atoms with Crippen molar-refractivity contribution < 1.29 is 9.18 Å². The molecule has 0 radical (unpaired) electrons. The number of aromatic nitrogens is 3. The molecule has 1 saturated heterocycles. The van der Waals surface area contributed by atoms with Crippen molar-refractivity contribution in [3.8, 4) is 11.1 Å². The van der Waals surface area contributed by atoms with Gasteiger partial charge >= 0.3 is 0 Å². The number of H-pyrrole nitrogens is 1. The van der Waals surface area contributed by atoms with Gasteiger partial charge in [-0.25, -0.2) is 9.37 Å². The Balaban J connectivity index is 1.48. The van der Waals surface area contributed by atoms with E-state index in [1.54, 1.807) is 6.07 Å². The van der Waals surface area contributed by atoms with Crippen LogP contribution in [0.2, 0.25) is 0 Å². The van der Waals surface area contributed by atoms with Gasteiger partial charge in [-0.3, -0.25) is 9.89 Å². The van der Waals surface area contributed by atoms with E-state index in [0.717, 1.165) is 29.8 Å². The number of piperidine rings is 1. The number of carbonyl (C=O) groups excluding carboxylic acids is 1. The molecule has 0 spiro atoms. The van der Waals surface area contributed by atoms with Crippen molar-refractivity contribution in [2.75, 3.05) is 13.1 Å². The molecule has 4 rings (SSSR count). The summed E-state index contributed by atoms with van der Waals surface area (Å²) in [5.41, 5.74) is 2.24. The van der Waals surface area contributed by atoms with Gasteiger partial charge < -0.3 is 4.90 Å². The van der Waals surface area contributed by atoms with Crippen LogP contribution in [0.4, 0.5) is 4.39 Å². The molecule has 5 nitrogen and oxygen atoms in total. The molecule has 0 aliphatic carbocycles. The lowest BCUT2D eigenvalue weighted by Crippen LogP contribution is -2.38. The predicted octanol–water partition coefficient (Wildman–Crippen LogP) is 3.63. The fourth-order valence-electron chi connectivity index (χ4n) is 3.45. The third-order valence-electron chi connectivity index (χ3n) is 4.87. The number of benzene rings is 2. The van der Waals surface area contributed by atoms with Crippen LogP contribution in [0, 0.1) is 5.82 Å². The van der Waals surface area contributed by atoms with Crippen LogP contribution in [0.3, 0.4) is 0 Å².